The largest absolute Gasteiger partial charge is 0.493 e. The number of nitrogens with zero attached hydrogens (tertiary/aromatic N) is 1. The molecule has 98 valence electrons. The van der Waals surface area contributed by atoms with Crippen molar-refractivity contribution < 1.29 is 14.3 Å². The average molecular weight is 363 g/mol. The first-order valence-corrected chi connectivity index (χ1v) is 6.25. The van der Waals surface area contributed by atoms with Crippen LogP contribution in [0.3, 0.4) is 0 Å². The Morgan fingerprint density at radius 2 is 2.33 bits per heavy atom. The average Bonchev–Trinajstić information content (AvgIpc) is 2.31. The van der Waals surface area contributed by atoms with Crippen LogP contribution in [0.2, 0.25) is 0 Å². The van der Waals surface area contributed by atoms with Crippen LogP contribution in [-0.2, 0) is 0 Å². The third kappa shape index (κ3) is 4.06. The summed E-state index contributed by atoms with van der Waals surface area (Å²) in [6, 6.07) is 2.92. The van der Waals surface area contributed by atoms with E-state index < -0.39 is 6.03 Å². The van der Waals surface area contributed by atoms with Crippen LogP contribution in [0.1, 0.15) is 12.5 Å². The molecule has 18 heavy (non-hydrogen) atoms. The van der Waals surface area contributed by atoms with Gasteiger partial charge in [-0.1, -0.05) is 0 Å². The summed E-state index contributed by atoms with van der Waals surface area (Å²) < 4.78 is 11.6. The van der Waals surface area contributed by atoms with E-state index in [9.17, 15) is 4.79 Å². The maximum absolute atomic E-state index is 10.5. The van der Waals surface area contributed by atoms with Crippen molar-refractivity contribution in [2.24, 2.45) is 10.8 Å². The van der Waals surface area contributed by atoms with Crippen molar-refractivity contribution in [3.8, 4) is 11.5 Å². The fourth-order valence-corrected chi connectivity index (χ4v) is 2.05. The van der Waals surface area contributed by atoms with Crippen molar-refractivity contribution >= 4 is 34.8 Å². The SMILES string of the molecule is CCOc1c(I)cc(/C=N/NC(N)=O)cc1OC. The molecule has 0 spiro atoms. The maximum Gasteiger partial charge on any atom is 0.332 e. The quantitative estimate of drug-likeness (QED) is 0.474. The number of hydrazone groups is 1. The number of methoxy groups -OCH3 is 1. The Hall–Kier alpha value is -1.51. The summed E-state index contributed by atoms with van der Waals surface area (Å²) in [6.07, 6.45) is 1.48. The minimum absolute atomic E-state index is 0.559. The number of ether oxygens (including phenoxy) is 2. The molecule has 0 saturated carbocycles. The third-order valence-corrected chi connectivity index (χ3v) is 2.73. The summed E-state index contributed by atoms with van der Waals surface area (Å²) in [7, 11) is 1.57. The van der Waals surface area contributed by atoms with E-state index in [4.69, 9.17) is 15.2 Å². The van der Waals surface area contributed by atoms with Crippen molar-refractivity contribution in [3.63, 3.8) is 0 Å². The number of nitrogens with one attached hydrogen (secondary N) is 1. The zero-order valence-electron chi connectivity index (χ0n) is 10.1. The molecule has 0 saturated heterocycles. The van der Waals surface area contributed by atoms with Gasteiger partial charge in [0.15, 0.2) is 11.5 Å². The summed E-state index contributed by atoms with van der Waals surface area (Å²) in [4.78, 5) is 10.5. The first kappa shape index (κ1) is 14.6. The number of amides is 2. The number of benzene rings is 1. The minimum atomic E-state index is -0.709. The minimum Gasteiger partial charge on any atom is -0.493 e. The highest BCUT2D eigenvalue weighted by molar-refractivity contribution is 14.1. The summed E-state index contributed by atoms with van der Waals surface area (Å²) in [5.74, 6) is 1.31. The van der Waals surface area contributed by atoms with Crippen LogP contribution in [-0.4, -0.2) is 26.0 Å². The van der Waals surface area contributed by atoms with Gasteiger partial charge in [-0.25, -0.2) is 10.2 Å². The van der Waals surface area contributed by atoms with Crippen LogP contribution in [0.4, 0.5) is 4.79 Å². The number of carbonyl (C=O) groups is 1. The van der Waals surface area contributed by atoms with Crippen LogP contribution in [0.25, 0.3) is 0 Å². The van der Waals surface area contributed by atoms with Gasteiger partial charge in [-0.2, -0.15) is 5.10 Å². The third-order valence-electron chi connectivity index (χ3n) is 1.93. The molecule has 7 heteroatoms. The monoisotopic (exact) mass is 363 g/mol. The molecule has 2 amide bonds. The van der Waals surface area contributed by atoms with Gasteiger partial charge < -0.3 is 15.2 Å². The molecule has 1 rings (SSSR count). The van der Waals surface area contributed by atoms with Crippen molar-refractivity contribution in [3.05, 3.63) is 21.3 Å². The summed E-state index contributed by atoms with van der Waals surface area (Å²) in [5, 5.41) is 3.68. The van der Waals surface area contributed by atoms with Crippen molar-refractivity contribution in [2.45, 2.75) is 6.92 Å². The predicted octanol–water partition coefficient (Wildman–Crippen LogP) is 1.70. The van der Waals surface area contributed by atoms with Crippen LogP contribution < -0.4 is 20.6 Å². The molecular formula is C11H14IN3O3. The highest BCUT2D eigenvalue weighted by atomic mass is 127. The molecule has 3 N–H and O–H groups in total. The van der Waals surface area contributed by atoms with Gasteiger partial charge in [0, 0.05) is 0 Å². The molecule has 6 nitrogen and oxygen atoms in total. The molecule has 0 radical (unpaired) electrons. The van der Waals surface area contributed by atoms with E-state index >= 15 is 0 Å². The van der Waals surface area contributed by atoms with Crippen molar-refractivity contribution in [2.75, 3.05) is 13.7 Å². The first-order chi connectivity index (χ1) is 8.58. The van der Waals surface area contributed by atoms with Gasteiger partial charge in [-0.3, -0.25) is 0 Å². The molecule has 1 aromatic rings. The van der Waals surface area contributed by atoms with Gasteiger partial charge in [-0.15, -0.1) is 0 Å². The highest BCUT2D eigenvalue weighted by Gasteiger charge is 2.10. The lowest BCUT2D eigenvalue weighted by atomic mass is 10.2. The predicted molar refractivity (Wildman–Crippen MR) is 77.2 cm³/mol. The van der Waals surface area contributed by atoms with Gasteiger partial charge >= 0.3 is 6.03 Å². The molecule has 0 aromatic heterocycles. The lowest BCUT2D eigenvalue weighted by Gasteiger charge is -2.11. The fourth-order valence-electron chi connectivity index (χ4n) is 1.27. The van der Waals surface area contributed by atoms with Crippen molar-refractivity contribution in [1.82, 2.24) is 5.43 Å². The highest BCUT2D eigenvalue weighted by Crippen LogP contribution is 2.33. The summed E-state index contributed by atoms with van der Waals surface area (Å²) in [5.41, 5.74) is 7.79. The Morgan fingerprint density at radius 1 is 1.61 bits per heavy atom. The lowest BCUT2D eigenvalue weighted by molar-refractivity contribution is 0.249. The Balaban J connectivity index is 2.99. The second-order valence-electron chi connectivity index (χ2n) is 3.20. The van der Waals surface area contributed by atoms with Gasteiger partial charge in [0.25, 0.3) is 0 Å². The molecule has 0 unspecified atom stereocenters. The summed E-state index contributed by atoms with van der Waals surface area (Å²) >= 11 is 2.14. The number of hydrogen-bond acceptors (Lipinski definition) is 4. The zero-order valence-corrected chi connectivity index (χ0v) is 12.2. The molecule has 0 aliphatic carbocycles. The van der Waals surface area contributed by atoms with Crippen LogP contribution in [0.15, 0.2) is 17.2 Å². The van der Waals surface area contributed by atoms with Crippen molar-refractivity contribution in [1.29, 1.82) is 0 Å². The molecule has 0 aliphatic heterocycles. The first-order valence-electron chi connectivity index (χ1n) is 5.17. The smallest absolute Gasteiger partial charge is 0.332 e. The molecule has 0 aliphatic rings. The Morgan fingerprint density at radius 3 is 2.89 bits per heavy atom. The zero-order chi connectivity index (χ0) is 13.5. The van der Waals surface area contributed by atoms with Crippen LogP contribution in [0.5, 0.6) is 11.5 Å². The van der Waals surface area contributed by atoms with E-state index in [2.05, 4.69) is 33.1 Å². The van der Waals surface area contributed by atoms with E-state index in [0.29, 0.717) is 18.1 Å². The number of rotatable bonds is 5. The summed E-state index contributed by atoms with van der Waals surface area (Å²) in [6.45, 7) is 2.46. The Labute approximate surface area is 119 Å². The number of halogens is 1. The molecule has 0 heterocycles. The van der Waals surface area contributed by atoms with E-state index in [0.717, 1.165) is 9.13 Å². The number of hydrogen-bond donors (Lipinski definition) is 2. The number of primary amides is 1. The topological polar surface area (TPSA) is 85.9 Å². The second kappa shape index (κ2) is 7.04. The van der Waals surface area contributed by atoms with E-state index in [1.54, 1.807) is 13.2 Å². The molecule has 0 atom stereocenters. The van der Waals surface area contributed by atoms with E-state index in [-0.39, 0.29) is 0 Å². The van der Waals surface area contributed by atoms with Gasteiger partial charge in [0.2, 0.25) is 0 Å². The Kier molecular flexibility index (Phi) is 5.69. The van der Waals surface area contributed by atoms with Crippen LogP contribution >= 0.6 is 22.6 Å². The van der Waals surface area contributed by atoms with E-state index in [1.165, 1.54) is 6.21 Å². The van der Waals surface area contributed by atoms with E-state index in [1.807, 2.05) is 13.0 Å². The number of nitrogens with two attached hydrogens (primary N) is 1. The van der Waals surface area contributed by atoms with Crippen LogP contribution in [0, 0.1) is 3.57 Å². The Bertz CT molecular complexity index is 463. The lowest BCUT2D eigenvalue weighted by Crippen LogP contribution is -2.24. The maximum atomic E-state index is 10.5. The molecular weight excluding hydrogens is 349 g/mol. The molecule has 0 bridgehead atoms. The van der Waals surface area contributed by atoms with Gasteiger partial charge in [-0.05, 0) is 47.2 Å². The number of urea groups is 1. The van der Waals surface area contributed by atoms with Gasteiger partial charge in [0.05, 0.1) is 23.5 Å². The second-order valence-corrected chi connectivity index (χ2v) is 4.36. The number of carbonyl (C=O) groups excluding carboxylic acids is 1. The molecule has 0 fully saturated rings. The molecule has 1 aromatic carbocycles. The fraction of sp³-hybridized carbons (Fsp3) is 0.273. The standard InChI is InChI=1S/C11H14IN3O3/c1-3-18-10-8(12)4-7(5-9(10)17-2)6-14-15-11(13)16/h4-6H,3H2,1-2H3,(H3,13,15,16)/b14-6+. The van der Waals surface area contributed by atoms with Gasteiger partial charge in [0.1, 0.15) is 0 Å². The normalized spacial score (nSPS) is 10.4.